The fourth-order valence-electron chi connectivity index (χ4n) is 0.860. The fraction of sp³-hybridized carbons (Fsp3) is 0.125. The molecule has 0 aliphatic heterocycles. The van der Waals surface area contributed by atoms with Crippen LogP contribution in [-0.4, -0.2) is 4.98 Å². The molecule has 1 rings (SSSR count). The molecule has 0 aliphatic carbocycles. The van der Waals surface area contributed by atoms with Gasteiger partial charge in [0.05, 0.1) is 6.04 Å². The fourth-order valence-corrected chi connectivity index (χ4v) is 1.03. The van der Waals surface area contributed by atoms with Gasteiger partial charge in [0.25, 0.3) is 0 Å². The number of hydrogen-bond donors (Lipinski definition) is 2. The maximum atomic E-state index is 5.66. The molecule has 0 aliphatic rings. The van der Waals surface area contributed by atoms with E-state index in [0.29, 0.717) is 10.8 Å². The first-order chi connectivity index (χ1) is 5.65. The second-order valence-electron chi connectivity index (χ2n) is 2.40. The maximum absolute atomic E-state index is 5.66. The van der Waals surface area contributed by atoms with Gasteiger partial charge in [0.1, 0.15) is 5.15 Å². The summed E-state index contributed by atoms with van der Waals surface area (Å²) in [7, 11) is 0. The van der Waals surface area contributed by atoms with Gasteiger partial charge in [-0.2, -0.15) is 0 Å². The van der Waals surface area contributed by atoms with Crippen LogP contribution in [0.3, 0.4) is 0 Å². The van der Waals surface area contributed by atoms with E-state index in [4.69, 9.17) is 23.1 Å². The highest BCUT2D eigenvalue weighted by Crippen LogP contribution is 2.20. The number of nitrogens with two attached hydrogens (primary N) is 2. The molecule has 4 N–H and O–H groups in total. The van der Waals surface area contributed by atoms with Crippen LogP contribution in [0.25, 0.3) is 0 Å². The minimum Gasteiger partial charge on any atom is -0.398 e. The number of hydrogen-bond acceptors (Lipinski definition) is 3. The predicted molar refractivity (Wildman–Crippen MR) is 50.8 cm³/mol. The lowest BCUT2D eigenvalue weighted by Crippen LogP contribution is -2.09. The minimum atomic E-state index is -0.283. The standard InChI is InChI=1S/C8H10ClN3/c1-2-6(10)5-4-12-8(9)3-7(5)11/h2-4,6H,1,10H2,(H2,11,12). The van der Waals surface area contributed by atoms with Crippen molar-refractivity contribution >= 4 is 17.3 Å². The second kappa shape index (κ2) is 3.56. The Balaban J connectivity index is 3.09. The maximum Gasteiger partial charge on any atom is 0.131 e. The molecule has 1 aromatic heterocycles. The van der Waals surface area contributed by atoms with Crippen molar-refractivity contribution in [2.24, 2.45) is 5.73 Å². The average molecular weight is 184 g/mol. The van der Waals surface area contributed by atoms with E-state index in [-0.39, 0.29) is 6.04 Å². The number of anilines is 1. The Morgan fingerprint density at radius 3 is 2.83 bits per heavy atom. The summed E-state index contributed by atoms with van der Waals surface area (Å²) < 4.78 is 0. The van der Waals surface area contributed by atoms with Crippen LogP contribution in [0.1, 0.15) is 11.6 Å². The lowest BCUT2D eigenvalue weighted by Gasteiger charge is -2.08. The van der Waals surface area contributed by atoms with Gasteiger partial charge in [-0.1, -0.05) is 17.7 Å². The van der Waals surface area contributed by atoms with Crippen molar-refractivity contribution in [3.8, 4) is 0 Å². The summed E-state index contributed by atoms with van der Waals surface area (Å²) >= 11 is 5.61. The molecule has 4 heteroatoms. The Morgan fingerprint density at radius 1 is 1.67 bits per heavy atom. The zero-order valence-corrected chi connectivity index (χ0v) is 7.25. The molecule has 0 saturated carbocycles. The second-order valence-corrected chi connectivity index (χ2v) is 2.78. The van der Waals surface area contributed by atoms with E-state index in [2.05, 4.69) is 11.6 Å². The number of nitrogens with zero attached hydrogens (tertiary/aromatic N) is 1. The first-order valence-corrected chi connectivity index (χ1v) is 3.82. The van der Waals surface area contributed by atoms with E-state index in [1.807, 2.05) is 0 Å². The Labute approximate surface area is 76.0 Å². The Hall–Kier alpha value is -1.06. The normalized spacial score (nSPS) is 12.5. The zero-order valence-electron chi connectivity index (χ0n) is 6.50. The highest BCUT2D eigenvalue weighted by atomic mass is 35.5. The molecule has 64 valence electrons. The molecule has 1 atom stereocenters. The van der Waals surface area contributed by atoms with Crippen LogP contribution in [0.15, 0.2) is 24.9 Å². The molecular weight excluding hydrogens is 174 g/mol. The average Bonchev–Trinajstić information content (AvgIpc) is 2.03. The lowest BCUT2D eigenvalue weighted by molar-refractivity contribution is 0.908. The van der Waals surface area contributed by atoms with Crippen LogP contribution in [0.4, 0.5) is 5.69 Å². The number of halogens is 1. The van der Waals surface area contributed by atoms with E-state index < -0.39 is 0 Å². The van der Waals surface area contributed by atoms with E-state index in [9.17, 15) is 0 Å². The molecular formula is C8H10ClN3. The van der Waals surface area contributed by atoms with Crippen LogP contribution >= 0.6 is 11.6 Å². The minimum absolute atomic E-state index is 0.283. The summed E-state index contributed by atoms with van der Waals surface area (Å²) in [6.07, 6.45) is 3.16. The van der Waals surface area contributed by atoms with Crippen molar-refractivity contribution in [1.29, 1.82) is 0 Å². The van der Waals surface area contributed by atoms with Gasteiger partial charge in [0.2, 0.25) is 0 Å². The largest absolute Gasteiger partial charge is 0.398 e. The Kier molecular flexibility index (Phi) is 2.68. The van der Waals surface area contributed by atoms with Gasteiger partial charge in [-0.25, -0.2) is 4.98 Å². The summed E-state index contributed by atoms with van der Waals surface area (Å²) in [5.41, 5.74) is 12.6. The summed E-state index contributed by atoms with van der Waals surface area (Å²) in [6, 6.07) is 1.29. The number of pyridine rings is 1. The van der Waals surface area contributed by atoms with E-state index in [1.165, 1.54) is 0 Å². The first kappa shape index (κ1) is 9.03. The van der Waals surface area contributed by atoms with Gasteiger partial charge < -0.3 is 11.5 Å². The molecule has 1 heterocycles. The van der Waals surface area contributed by atoms with Gasteiger partial charge >= 0.3 is 0 Å². The summed E-state index contributed by atoms with van der Waals surface area (Å²) in [5.74, 6) is 0. The van der Waals surface area contributed by atoms with Crippen molar-refractivity contribution in [3.63, 3.8) is 0 Å². The highest BCUT2D eigenvalue weighted by Gasteiger charge is 2.06. The van der Waals surface area contributed by atoms with Crippen LogP contribution in [-0.2, 0) is 0 Å². The number of aromatic nitrogens is 1. The van der Waals surface area contributed by atoms with Gasteiger partial charge in [-0.05, 0) is 6.07 Å². The first-order valence-electron chi connectivity index (χ1n) is 3.44. The Morgan fingerprint density at radius 2 is 2.33 bits per heavy atom. The van der Waals surface area contributed by atoms with E-state index in [0.717, 1.165) is 5.56 Å². The van der Waals surface area contributed by atoms with Crippen LogP contribution < -0.4 is 11.5 Å². The third-order valence-corrected chi connectivity index (χ3v) is 1.75. The third-order valence-electron chi connectivity index (χ3n) is 1.55. The van der Waals surface area contributed by atoms with Crippen molar-refractivity contribution in [1.82, 2.24) is 4.98 Å². The number of rotatable bonds is 2. The molecule has 0 saturated heterocycles. The molecule has 0 fully saturated rings. The summed E-state index contributed by atoms with van der Waals surface area (Å²) in [5, 5.41) is 0.368. The quantitative estimate of drug-likeness (QED) is 0.540. The van der Waals surface area contributed by atoms with Gasteiger partial charge in [-0.3, -0.25) is 0 Å². The van der Waals surface area contributed by atoms with E-state index >= 15 is 0 Å². The smallest absolute Gasteiger partial charge is 0.131 e. The monoisotopic (exact) mass is 183 g/mol. The van der Waals surface area contributed by atoms with Crippen LogP contribution in [0, 0.1) is 0 Å². The SMILES string of the molecule is C=CC(N)c1cnc(Cl)cc1N. The highest BCUT2D eigenvalue weighted by molar-refractivity contribution is 6.29. The van der Waals surface area contributed by atoms with Crippen molar-refractivity contribution in [2.75, 3.05) is 5.73 Å². The topological polar surface area (TPSA) is 64.9 Å². The predicted octanol–water partition coefficient (Wildman–Crippen LogP) is 1.50. The number of nitrogen functional groups attached to an aromatic ring is 1. The molecule has 0 bridgehead atoms. The molecule has 0 amide bonds. The summed E-state index contributed by atoms with van der Waals surface area (Å²) in [4.78, 5) is 3.87. The molecule has 0 spiro atoms. The van der Waals surface area contributed by atoms with Crippen molar-refractivity contribution in [2.45, 2.75) is 6.04 Å². The van der Waals surface area contributed by atoms with Crippen molar-refractivity contribution < 1.29 is 0 Å². The Bertz CT molecular complexity index is 298. The third kappa shape index (κ3) is 1.75. The van der Waals surface area contributed by atoms with Gasteiger partial charge in [0.15, 0.2) is 0 Å². The molecule has 0 aromatic carbocycles. The molecule has 0 radical (unpaired) electrons. The van der Waals surface area contributed by atoms with Crippen molar-refractivity contribution in [3.05, 3.63) is 35.6 Å². The van der Waals surface area contributed by atoms with E-state index in [1.54, 1.807) is 18.3 Å². The zero-order chi connectivity index (χ0) is 9.14. The molecule has 3 nitrogen and oxygen atoms in total. The summed E-state index contributed by atoms with van der Waals surface area (Å²) in [6.45, 7) is 3.56. The molecule has 1 aromatic rings. The van der Waals surface area contributed by atoms with Gasteiger partial charge in [-0.15, -0.1) is 6.58 Å². The molecule has 12 heavy (non-hydrogen) atoms. The lowest BCUT2D eigenvalue weighted by atomic mass is 10.1. The van der Waals surface area contributed by atoms with Crippen LogP contribution in [0.5, 0.6) is 0 Å². The van der Waals surface area contributed by atoms with Crippen LogP contribution in [0.2, 0.25) is 5.15 Å². The van der Waals surface area contributed by atoms with Gasteiger partial charge in [0, 0.05) is 17.4 Å². The molecule has 1 unspecified atom stereocenters.